The Morgan fingerprint density at radius 3 is 2.75 bits per heavy atom. The average molecular weight is 445 g/mol. The zero-order valence-electron chi connectivity index (χ0n) is 14.9. The Kier molecular flexibility index (Phi) is 6.33. The molecule has 28 heavy (non-hydrogen) atoms. The SMILES string of the molecule is COc1cccc(-c2nnn(CC(=O)NCC(=O)Nc3ccccc3Br)n2)c1. The number of nitrogens with zero attached hydrogens (tertiary/aromatic N) is 4. The first-order valence-electron chi connectivity index (χ1n) is 8.28. The van der Waals surface area contributed by atoms with Crippen molar-refractivity contribution in [3.63, 3.8) is 0 Å². The number of halogens is 1. The maximum atomic E-state index is 12.0. The van der Waals surface area contributed by atoms with Crippen LogP contribution in [-0.4, -0.2) is 45.7 Å². The number of carbonyl (C=O) groups is 2. The topological polar surface area (TPSA) is 111 Å². The van der Waals surface area contributed by atoms with Gasteiger partial charge >= 0.3 is 0 Å². The molecular weight excluding hydrogens is 428 g/mol. The number of hydrogen-bond acceptors (Lipinski definition) is 6. The zero-order valence-corrected chi connectivity index (χ0v) is 16.5. The molecule has 0 saturated carbocycles. The Hall–Kier alpha value is -3.27. The summed E-state index contributed by atoms with van der Waals surface area (Å²) in [6.45, 7) is -0.323. The van der Waals surface area contributed by atoms with E-state index in [0.29, 0.717) is 17.3 Å². The van der Waals surface area contributed by atoms with Gasteiger partial charge in [0.25, 0.3) is 0 Å². The van der Waals surface area contributed by atoms with Crippen LogP contribution in [0, 0.1) is 0 Å². The van der Waals surface area contributed by atoms with Crippen molar-refractivity contribution in [3.8, 4) is 17.1 Å². The molecule has 0 aliphatic carbocycles. The van der Waals surface area contributed by atoms with Crippen molar-refractivity contribution in [2.75, 3.05) is 19.0 Å². The number of carbonyl (C=O) groups excluding carboxylic acids is 2. The molecule has 3 aromatic rings. The van der Waals surface area contributed by atoms with E-state index < -0.39 is 5.91 Å². The summed E-state index contributed by atoms with van der Waals surface area (Å²) in [5.41, 5.74) is 1.35. The molecule has 0 atom stereocenters. The lowest BCUT2D eigenvalue weighted by Crippen LogP contribution is -2.35. The molecule has 3 rings (SSSR count). The number of rotatable bonds is 7. The summed E-state index contributed by atoms with van der Waals surface area (Å²) in [5, 5.41) is 17.2. The average Bonchev–Trinajstić information content (AvgIpc) is 3.17. The highest BCUT2D eigenvalue weighted by Gasteiger charge is 2.11. The molecule has 9 nitrogen and oxygen atoms in total. The smallest absolute Gasteiger partial charge is 0.244 e. The molecule has 0 spiro atoms. The van der Waals surface area contributed by atoms with Crippen LogP contribution < -0.4 is 15.4 Å². The largest absolute Gasteiger partial charge is 0.497 e. The number of methoxy groups -OCH3 is 1. The molecular formula is C18H17BrN6O3. The minimum Gasteiger partial charge on any atom is -0.497 e. The lowest BCUT2D eigenvalue weighted by Gasteiger charge is -2.08. The first-order valence-corrected chi connectivity index (χ1v) is 9.08. The highest BCUT2D eigenvalue weighted by molar-refractivity contribution is 9.10. The molecule has 2 N–H and O–H groups in total. The van der Waals surface area contributed by atoms with E-state index in [2.05, 4.69) is 42.0 Å². The van der Waals surface area contributed by atoms with Gasteiger partial charge in [-0.05, 0) is 45.4 Å². The van der Waals surface area contributed by atoms with E-state index in [9.17, 15) is 9.59 Å². The van der Waals surface area contributed by atoms with Crippen molar-refractivity contribution in [2.45, 2.75) is 6.54 Å². The summed E-state index contributed by atoms with van der Waals surface area (Å²) in [4.78, 5) is 25.2. The van der Waals surface area contributed by atoms with Gasteiger partial charge in [0.1, 0.15) is 12.3 Å². The number of hydrogen-bond donors (Lipinski definition) is 2. The predicted molar refractivity (Wildman–Crippen MR) is 106 cm³/mol. The number of nitrogens with one attached hydrogen (secondary N) is 2. The molecule has 2 aromatic carbocycles. The van der Waals surface area contributed by atoms with Crippen LogP contribution in [0.15, 0.2) is 53.0 Å². The third-order valence-electron chi connectivity index (χ3n) is 3.66. The van der Waals surface area contributed by atoms with Crippen LogP contribution >= 0.6 is 15.9 Å². The van der Waals surface area contributed by atoms with Crippen molar-refractivity contribution in [1.29, 1.82) is 0 Å². The monoisotopic (exact) mass is 444 g/mol. The van der Waals surface area contributed by atoms with E-state index >= 15 is 0 Å². The standard InChI is InChI=1S/C18H17BrN6O3/c1-28-13-6-4-5-12(9-13)18-22-24-25(23-18)11-17(27)20-10-16(26)21-15-8-3-2-7-14(15)19/h2-9H,10-11H2,1H3,(H,20,27)(H,21,26). The molecule has 0 bridgehead atoms. The van der Waals surface area contributed by atoms with Crippen LogP contribution in [0.25, 0.3) is 11.4 Å². The molecule has 0 aliphatic rings. The number of para-hydroxylation sites is 1. The summed E-state index contributed by atoms with van der Waals surface area (Å²) in [6, 6.07) is 14.4. The summed E-state index contributed by atoms with van der Waals surface area (Å²) in [7, 11) is 1.57. The molecule has 0 radical (unpaired) electrons. The van der Waals surface area contributed by atoms with Crippen LogP contribution in [0.3, 0.4) is 0 Å². The van der Waals surface area contributed by atoms with Gasteiger partial charge in [-0.1, -0.05) is 24.3 Å². The van der Waals surface area contributed by atoms with E-state index in [1.54, 1.807) is 31.4 Å². The normalized spacial score (nSPS) is 10.4. The van der Waals surface area contributed by atoms with Crippen LogP contribution in [0.2, 0.25) is 0 Å². The highest BCUT2D eigenvalue weighted by Crippen LogP contribution is 2.21. The van der Waals surface area contributed by atoms with Crippen molar-refractivity contribution in [3.05, 3.63) is 53.0 Å². The second-order valence-corrected chi connectivity index (χ2v) is 6.53. The Bertz CT molecular complexity index is 991. The van der Waals surface area contributed by atoms with E-state index in [1.807, 2.05) is 24.3 Å². The number of amides is 2. The van der Waals surface area contributed by atoms with Crippen LogP contribution in [0.4, 0.5) is 5.69 Å². The summed E-state index contributed by atoms with van der Waals surface area (Å²) in [6.07, 6.45) is 0. The van der Waals surface area contributed by atoms with Gasteiger partial charge in [0.15, 0.2) is 0 Å². The van der Waals surface area contributed by atoms with Crippen LogP contribution in [0.1, 0.15) is 0 Å². The third-order valence-corrected chi connectivity index (χ3v) is 4.35. The van der Waals surface area contributed by atoms with E-state index in [0.717, 1.165) is 14.8 Å². The van der Waals surface area contributed by atoms with E-state index in [-0.39, 0.29) is 19.0 Å². The molecule has 0 aliphatic heterocycles. The van der Waals surface area contributed by atoms with Gasteiger partial charge in [-0.3, -0.25) is 9.59 Å². The molecule has 0 fully saturated rings. The quantitative estimate of drug-likeness (QED) is 0.575. The third kappa shape index (κ3) is 5.13. The van der Waals surface area contributed by atoms with Gasteiger partial charge in [-0.2, -0.15) is 4.80 Å². The lowest BCUT2D eigenvalue weighted by atomic mass is 10.2. The Balaban J connectivity index is 1.52. The maximum absolute atomic E-state index is 12.0. The lowest BCUT2D eigenvalue weighted by molar-refractivity contribution is -0.124. The highest BCUT2D eigenvalue weighted by atomic mass is 79.9. The first kappa shape index (κ1) is 19.5. The van der Waals surface area contributed by atoms with Crippen LogP contribution in [0.5, 0.6) is 5.75 Å². The predicted octanol–water partition coefficient (Wildman–Crippen LogP) is 1.87. The van der Waals surface area contributed by atoms with Crippen molar-refractivity contribution in [1.82, 2.24) is 25.5 Å². The minimum atomic E-state index is -0.406. The Morgan fingerprint density at radius 2 is 1.96 bits per heavy atom. The summed E-state index contributed by atoms with van der Waals surface area (Å²) in [5.74, 6) is 0.293. The van der Waals surface area contributed by atoms with Crippen molar-refractivity contribution in [2.24, 2.45) is 0 Å². The molecule has 1 aromatic heterocycles. The van der Waals surface area contributed by atoms with Gasteiger partial charge in [-0.25, -0.2) is 0 Å². The maximum Gasteiger partial charge on any atom is 0.244 e. The fourth-order valence-corrected chi connectivity index (χ4v) is 2.69. The number of anilines is 1. The van der Waals surface area contributed by atoms with Crippen molar-refractivity contribution < 1.29 is 14.3 Å². The summed E-state index contributed by atoms with van der Waals surface area (Å²) >= 11 is 3.34. The van der Waals surface area contributed by atoms with E-state index in [1.165, 1.54) is 0 Å². The number of tetrazole rings is 1. The van der Waals surface area contributed by atoms with Crippen molar-refractivity contribution >= 4 is 33.4 Å². The number of ether oxygens (including phenoxy) is 1. The van der Waals surface area contributed by atoms with Gasteiger partial charge in [0.05, 0.1) is 19.3 Å². The summed E-state index contributed by atoms with van der Waals surface area (Å²) < 4.78 is 5.92. The molecule has 144 valence electrons. The second kappa shape index (κ2) is 9.09. The molecule has 0 unspecified atom stereocenters. The van der Waals surface area contributed by atoms with E-state index in [4.69, 9.17) is 4.74 Å². The zero-order chi connectivity index (χ0) is 19.9. The molecule has 1 heterocycles. The number of aromatic nitrogens is 4. The van der Waals surface area contributed by atoms with Gasteiger partial charge in [0, 0.05) is 10.0 Å². The van der Waals surface area contributed by atoms with Gasteiger partial charge in [0.2, 0.25) is 17.6 Å². The fourth-order valence-electron chi connectivity index (χ4n) is 2.31. The fraction of sp³-hybridized carbons (Fsp3) is 0.167. The van der Waals surface area contributed by atoms with Gasteiger partial charge < -0.3 is 15.4 Å². The molecule has 10 heteroatoms. The first-order chi connectivity index (χ1) is 13.5. The number of benzene rings is 2. The minimum absolute atomic E-state index is 0.153. The Labute approximate surface area is 169 Å². The van der Waals surface area contributed by atoms with Crippen LogP contribution in [-0.2, 0) is 16.1 Å². The molecule has 2 amide bonds. The second-order valence-electron chi connectivity index (χ2n) is 5.68. The molecule has 0 saturated heterocycles. The van der Waals surface area contributed by atoms with Gasteiger partial charge in [-0.15, -0.1) is 10.2 Å². The Morgan fingerprint density at radius 1 is 1.14 bits per heavy atom.